The van der Waals surface area contributed by atoms with Gasteiger partial charge in [-0.1, -0.05) is 16.9 Å². The van der Waals surface area contributed by atoms with Gasteiger partial charge >= 0.3 is 10.3 Å². The molecule has 0 aliphatic carbocycles. The molecule has 2 heterocycles. The zero-order valence-corrected chi connectivity index (χ0v) is 18.4. The summed E-state index contributed by atoms with van der Waals surface area (Å²) in [4.78, 5) is 56.0. The molecule has 1 aromatic rings. The minimum atomic E-state index is -4.93. The second-order valence-corrected chi connectivity index (χ2v) is 9.11. The Balaban J connectivity index is 2.22. The number of carbonyl (C=O) groups excluding carboxylic acids is 4. The quantitative estimate of drug-likeness (QED) is 0.137. The van der Waals surface area contributed by atoms with Gasteiger partial charge in [0.2, 0.25) is 5.91 Å². The summed E-state index contributed by atoms with van der Waals surface area (Å²) in [7, 11) is -3.78. The number of nitrogens with zero attached hydrogens (tertiary/aromatic N) is 3. The molecule has 3 amide bonds. The minimum Gasteiger partial charge on any atom is -0.398 e. The Kier molecular flexibility index (Phi) is 7.75. The van der Waals surface area contributed by atoms with Crippen LogP contribution in [-0.4, -0.2) is 75.2 Å². The highest BCUT2D eigenvalue weighted by atomic mass is 35.5. The Hall–Kier alpha value is -2.27. The second kappa shape index (κ2) is 9.69. The van der Waals surface area contributed by atoms with E-state index in [9.17, 15) is 27.6 Å². The van der Waals surface area contributed by atoms with Crippen molar-refractivity contribution in [3.63, 3.8) is 0 Å². The average Bonchev–Trinajstić information content (AvgIpc) is 3.09. The lowest BCUT2D eigenvalue weighted by molar-refractivity contribution is -0.141. The van der Waals surface area contributed by atoms with Crippen LogP contribution in [-0.2, 0) is 34.3 Å². The molecule has 30 heavy (non-hydrogen) atoms. The predicted molar refractivity (Wildman–Crippen MR) is 107 cm³/mol. The molecule has 2 atom stereocenters. The average molecular weight is 500 g/mol. The number of rotatable bonds is 8. The van der Waals surface area contributed by atoms with Gasteiger partial charge in [0.25, 0.3) is 11.8 Å². The first-order chi connectivity index (χ1) is 14.0. The number of oxime groups is 1. The van der Waals surface area contributed by atoms with E-state index in [1.807, 2.05) is 0 Å². The van der Waals surface area contributed by atoms with Crippen molar-refractivity contribution in [3.05, 3.63) is 11.1 Å². The van der Waals surface area contributed by atoms with Gasteiger partial charge in [-0.25, -0.2) is 4.98 Å². The molecule has 1 aliphatic rings. The van der Waals surface area contributed by atoms with Crippen LogP contribution < -0.4 is 10.6 Å². The first-order valence-electron chi connectivity index (χ1n) is 7.71. The maximum Gasteiger partial charge on any atom is 0.363 e. The number of thiazole rings is 1. The normalized spacial score (nSPS) is 19.1. The van der Waals surface area contributed by atoms with Crippen LogP contribution in [0, 0.1) is 0 Å². The van der Waals surface area contributed by atoms with Crippen LogP contribution in [0.3, 0.4) is 0 Å². The summed E-state index contributed by atoms with van der Waals surface area (Å²) in [5.74, 6) is -2.95. The maximum absolute atomic E-state index is 12.6. The highest BCUT2D eigenvalue weighted by Crippen LogP contribution is 2.32. The van der Waals surface area contributed by atoms with Crippen molar-refractivity contribution in [2.24, 2.45) is 5.16 Å². The van der Waals surface area contributed by atoms with E-state index in [0.29, 0.717) is 11.8 Å². The van der Waals surface area contributed by atoms with Crippen LogP contribution in [0.4, 0.5) is 5.13 Å². The van der Waals surface area contributed by atoms with Crippen molar-refractivity contribution in [3.8, 4) is 0 Å². The van der Waals surface area contributed by atoms with E-state index in [1.165, 1.54) is 5.38 Å². The third kappa shape index (κ3) is 5.45. The van der Waals surface area contributed by atoms with E-state index in [-0.39, 0.29) is 26.7 Å². The van der Waals surface area contributed by atoms with Crippen molar-refractivity contribution in [1.29, 1.82) is 0 Å². The maximum atomic E-state index is 12.6. The third-order valence-electron chi connectivity index (χ3n) is 3.33. The third-order valence-corrected chi connectivity index (χ3v) is 6.43. The molecule has 0 bridgehead atoms. The first-order valence-corrected chi connectivity index (χ1v) is 11.4. The standard InChI is InChI=1S/C13H14ClN5O8S3/c1-5(20)29-12-9(11(23)19(12)30(24,25)26)17-10(22)8(18-27-2)6-4-28-13(15-6)16-7(21)3-14/h4,9,12H,3H2,1-2H3,(H,17,22)(H,15,16,21)(H,24,25,26)/b18-8-/t9-,12+/m1/s1. The fraction of sp³-hybridized carbons (Fsp3) is 0.385. The molecule has 0 spiro atoms. The zero-order chi connectivity index (χ0) is 22.6. The number of alkyl halides is 1. The number of aromatic nitrogens is 1. The van der Waals surface area contributed by atoms with Crippen LogP contribution in [0.1, 0.15) is 12.6 Å². The molecule has 17 heteroatoms. The number of anilines is 1. The number of nitrogens with one attached hydrogen (secondary N) is 2. The lowest BCUT2D eigenvalue weighted by atomic mass is 10.1. The van der Waals surface area contributed by atoms with Crippen LogP contribution >= 0.6 is 34.7 Å². The topological polar surface area (TPSA) is 184 Å². The van der Waals surface area contributed by atoms with Gasteiger partial charge in [-0.15, -0.1) is 22.9 Å². The van der Waals surface area contributed by atoms with Gasteiger partial charge in [-0.3, -0.25) is 23.7 Å². The van der Waals surface area contributed by atoms with E-state index in [1.54, 1.807) is 0 Å². The fourth-order valence-electron chi connectivity index (χ4n) is 2.20. The number of hydrogen-bond donors (Lipinski definition) is 3. The van der Waals surface area contributed by atoms with Crippen molar-refractivity contribution in [1.82, 2.24) is 14.6 Å². The van der Waals surface area contributed by atoms with Crippen LogP contribution in [0.15, 0.2) is 10.5 Å². The molecule has 0 aromatic carbocycles. The van der Waals surface area contributed by atoms with Crippen molar-refractivity contribution in [2.75, 3.05) is 18.3 Å². The van der Waals surface area contributed by atoms with E-state index in [0.717, 1.165) is 25.4 Å². The molecule has 0 unspecified atom stereocenters. The second-order valence-electron chi connectivity index (χ2n) is 5.41. The molecule has 13 nitrogen and oxygen atoms in total. The van der Waals surface area contributed by atoms with Gasteiger partial charge in [0.1, 0.15) is 30.1 Å². The fourth-order valence-corrected chi connectivity index (χ4v) is 5.02. The Morgan fingerprint density at radius 1 is 1.47 bits per heavy atom. The first kappa shape index (κ1) is 24.0. The SMILES string of the molecule is CO/N=C(\C(=O)N[C@@H]1C(=O)N(S(=O)(=O)O)[C@H]1SC(C)=O)c1csc(NC(=O)CCl)n1. The minimum absolute atomic E-state index is 0.0154. The van der Waals surface area contributed by atoms with Gasteiger partial charge < -0.3 is 15.5 Å². The zero-order valence-electron chi connectivity index (χ0n) is 15.2. The summed E-state index contributed by atoms with van der Waals surface area (Å²) in [5.41, 5.74) is -0.400. The molecular formula is C13H14ClN5O8S3. The molecule has 1 aromatic heterocycles. The number of carbonyl (C=O) groups is 4. The molecular weight excluding hydrogens is 486 g/mol. The van der Waals surface area contributed by atoms with E-state index in [2.05, 4.69) is 25.6 Å². The van der Waals surface area contributed by atoms with Crippen LogP contribution in [0.5, 0.6) is 0 Å². The Labute approximate surface area is 183 Å². The molecule has 1 fully saturated rings. The Morgan fingerprint density at radius 2 is 2.13 bits per heavy atom. The van der Waals surface area contributed by atoms with E-state index < -0.39 is 44.6 Å². The van der Waals surface area contributed by atoms with Crippen LogP contribution in [0.25, 0.3) is 0 Å². The predicted octanol–water partition coefficient (Wildman–Crippen LogP) is -0.593. The molecule has 1 saturated heterocycles. The van der Waals surface area contributed by atoms with E-state index in [4.69, 9.17) is 16.2 Å². The van der Waals surface area contributed by atoms with Gasteiger partial charge in [0, 0.05) is 12.3 Å². The van der Waals surface area contributed by atoms with Crippen molar-refractivity contribution in [2.45, 2.75) is 18.3 Å². The molecule has 2 rings (SSSR count). The number of thioether (sulfide) groups is 1. The van der Waals surface area contributed by atoms with Gasteiger partial charge in [0.05, 0.1) is 0 Å². The number of halogens is 1. The van der Waals surface area contributed by atoms with E-state index >= 15 is 0 Å². The molecule has 3 N–H and O–H groups in total. The number of amides is 3. The molecule has 164 valence electrons. The van der Waals surface area contributed by atoms with Crippen LogP contribution in [0.2, 0.25) is 0 Å². The summed E-state index contributed by atoms with van der Waals surface area (Å²) in [6.07, 6.45) is 0. The lowest BCUT2D eigenvalue weighted by Crippen LogP contribution is -2.71. The number of hydrogen-bond acceptors (Lipinski definition) is 11. The van der Waals surface area contributed by atoms with Gasteiger partial charge in [0.15, 0.2) is 16.0 Å². The Morgan fingerprint density at radius 3 is 2.67 bits per heavy atom. The lowest BCUT2D eigenvalue weighted by Gasteiger charge is -2.42. The van der Waals surface area contributed by atoms with Gasteiger partial charge in [-0.2, -0.15) is 12.7 Å². The summed E-state index contributed by atoms with van der Waals surface area (Å²) in [6, 6.07) is -1.44. The highest BCUT2D eigenvalue weighted by Gasteiger charge is 2.55. The van der Waals surface area contributed by atoms with Crippen molar-refractivity contribution < 1.29 is 37.0 Å². The molecule has 1 aliphatic heterocycles. The Bertz CT molecular complexity index is 1010. The van der Waals surface area contributed by atoms with Crippen molar-refractivity contribution >= 4 is 78.7 Å². The smallest absolute Gasteiger partial charge is 0.363 e. The summed E-state index contributed by atoms with van der Waals surface area (Å²) < 4.78 is 31.9. The molecule has 0 radical (unpaired) electrons. The van der Waals surface area contributed by atoms with Gasteiger partial charge in [-0.05, 0) is 0 Å². The summed E-state index contributed by atoms with van der Waals surface area (Å²) in [6.45, 7) is 1.12. The number of β-lactam (4-membered cyclic amide) rings is 1. The monoisotopic (exact) mass is 499 g/mol. The highest BCUT2D eigenvalue weighted by molar-refractivity contribution is 8.14. The largest absolute Gasteiger partial charge is 0.398 e. The summed E-state index contributed by atoms with van der Waals surface area (Å²) >= 11 is 6.79. The summed E-state index contributed by atoms with van der Waals surface area (Å²) in [5, 5.41) is 7.72. The molecule has 0 saturated carbocycles.